The Hall–Kier alpha value is -1.19. The third-order valence-corrected chi connectivity index (χ3v) is 6.05. The molecule has 0 aliphatic carbocycles. The maximum absolute atomic E-state index is 13.5. The molecule has 0 spiro atoms. The molecule has 0 radical (unpaired) electrons. The summed E-state index contributed by atoms with van der Waals surface area (Å²) in [5.74, 6) is -1.11. The molecule has 6 nitrogen and oxygen atoms in total. The lowest BCUT2D eigenvalue weighted by molar-refractivity contribution is 0.575. The van der Waals surface area contributed by atoms with E-state index in [0.29, 0.717) is 0 Å². The summed E-state index contributed by atoms with van der Waals surface area (Å²) >= 11 is 0. The van der Waals surface area contributed by atoms with E-state index in [1.54, 1.807) is 0 Å². The second kappa shape index (κ2) is 6.06. The van der Waals surface area contributed by atoms with Crippen molar-refractivity contribution in [2.45, 2.75) is 18.7 Å². The minimum Gasteiger partial charge on any atom is -0.399 e. The van der Waals surface area contributed by atoms with Crippen LogP contribution in [0.5, 0.6) is 0 Å². The Morgan fingerprint density at radius 3 is 2.40 bits per heavy atom. The lowest BCUT2D eigenvalue weighted by atomic mass is 10.2. The summed E-state index contributed by atoms with van der Waals surface area (Å²) < 4.78 is 62.2. The largest absolute Gasteiger partial charge is 0.399 e. The third-order valence-electron chi connectivity index (χ3n) is 2.75. The zero-order chi connectivity index (χ0) is 15.6. The number of rotatable bonds is 6. The number of anilines is 1. The van der Waals surface area contributed by atoms with Gasteiger partial charge in [0.1, 0.15) is 5.82 Å². The van der Waals surface area contributed by atoms with Crippen LogP contribution in [0.25, 0.3) is 0 Å². The van der Waals surface area contributed by atoms with E-state index in [-0.39, 0.29) is 34.2 Å². The number of nitrogen functional groups attached to an aromatic ring is 1. The monoisotopic (exact) mass is 324 g/mol. The number of benzene rings is 1. The first kappa shape index (κ1) is 16.9. The SMILES string of the molecule is CCS(=O)(=O)CCNS(=O)(=O)c1cc(N)cc(F)c1C. The summed E-state index contributed by atoms with van der Waals surface area (Å²) in [4.78, 5) is -0.288. The van der Waals surface area contributed by atoms with E-state index in [4.69, 9.17) is 5.73 Å². The number of halogens is 1. The Balaban J connectivity index is 2.96. The molecule has 20 heavy (non-hydrogen) atoms. The molecule has 0 aromatic heterocycles. The molecule has 0 fully saturated rings. The highest BCUT2D eigenvalue weighted by atomic mass is 32.2. The normalized spacial score (nSPS) is 12.6. The van der Waals surface area contributed by atoms with Crippen molar-refractivity contribution in [1.29, 1.82) is 0 Å². The van der Waals surface area contributed by atoms with E-state index in [2.05, 4.69) is 4.72 Å². The minimum atomic E-state index is -4.00. The second-order valence-corrected chi connectivity index (χ2v) is 8.47. The molecule has 1 aromatic rings. The maximum atomic E-state index is 13.5. The molecule has 0 unspecified atom stereocenters. The van der Waals surface area contributed by atoms with Gasteiger partial charge in [0.15, 0.2) is 9.84 Å². The van der Waals surface area contributed by atoms with Crippen molar-refractivity contribution in [3.63, 3.8) is 0 Å². The molecule has 1 rings (SSSR count). The fourth-order valence-electron chi connectivity index (χ4n) is 1.51. The lowest BCUT2D eigenvalue weighted by Crippen LogP contribution is -2.30. The number of sulfone groups is 1. The van der Waals surface area contributed by atoms with Crippen LogP contribution in [0, 0.1) is 12.7 Å². The van der Waals surface area contributed by atoms with E-state index in [1.165, 1.54) is 13.8 Å². The van der Waals surface area contributed by atoms with Crippen LogP contribution in [0.15, 0.2) is 17.0 Å². The highest BCUT2D eigenvalue weighted by molar-refractivity contribution is 7.91. The fourth-order valence-corrected chi connectivity index (χ4v) is 3.66. The standard InChI is InChI=1S/C11H17FN2O4S2/c1-3-19(15,16)5-4-14-20(17,18)11-7-9(13)6-10(12)8(11)2/h6-7,14H,3-5,13H2,1-2H3. The predicted octanol–water partition coefficient (Wildman–Crippen LogP) is 0.429. The molecule has 114 valence electrons. The molecule has 0 bridgehead atoms. The van der Waals surface area contributed by atoms with Gasteiger partial charge in [-0.2, -0.15) is 0 Å². The highest BCUT2D eigenvalue weighted by Crippen LogP contribution is 2.21. The highest BCUT2D eigenvalue weighted by Gasteiger charge is 2.20. The van der Waals surface area contributed by atoms with Crippen LogP contribution < -0.4 is 10.5 Å². The molecular formula is C11H17FN2O4S2. The Morgan fingerprint density at radius 1 is 1.25 bits per heavy atom. The number of sulfonamides is 1. The Morgan fingerprint density at radius 2 is 1.85 bits per heavy atom. The van der Waals surface area contributed by atoms with Gasteiger partial charge in [0.05, 0.1) is 10.6 Å². The van der Waals surface area contributed by atoms with Crippen LogP contribution in [0.3, 0.4) is 0 Å². The summed E-state index contributed by atoms with van der Waals surface area (Å²) in [6.45, 7) is 2.52. The van der Waals surface area contributed by atoms with Gasteiger partial charge in [-0.3, -0.25) is 0 Å². The smallest absolute Gasteiger partial charge is 0.241 e. The first-order valence-electron chi connectivity index (χ1n) is 5.85. The van der Waals surface area contributed by atoms with E-state index in [1.807, 2.05) is 0 Å². The van der Waals surface area contributed by atoms with Crippen molar-refractivity contribution < 1.29 is 21.2 Å². The zero-order valence-corrected chi connectivity index (χ0v) is 12.8. The first-order chi connectivity index (χ1) is 9.09. The van der Waals surface area contributed by atoms with Crippen LogP contribution in [-0.4, -0.2) is 34.9 Å². The number of nitrogens with two attached hydrogens (primary N) is 1. The van der Waals surface area contributed by atoms with Crippen LogP contribution >= 0.6 is 0 Å². The van der Waals surface area contributed by atoms with E-state index < -0.39 is 25.7 Å². The van der Waals surface area contributed by atoms with Gasteiger partial charge in [0.2, 0.25) is 10.0 Å². The van der Waals surface area contributed by atoms with E-state index in [0.717, 1.165) is 12.1 Å². The predicted molar refractivity (Wildman–Crippen MR) is 75.1 cm³/mol. The number of hydrogen-bond donors (Lipinski definition) is 2. The molecule has 1 aromatic carbocycles. The van der Waals surface area contributed by atoms with E-state index in [9.17, 15) is 21.2 Å². The Labute approximate surface area is 118 Å². The van der Waals surface area contributed by atoms with Gasteiger partial charge < -0.3 is 5.73 Å². The Kier molecular flexibility index (Phi) is 5.11. The molecular weight excluding hydrogens is 307 g/mol. The number of hydrogen-bond acceptors (Lipinski definition) is 5. The van der Waals surface area contributed by atoms with Crippen molar-refractivity contribution >= 4 is 25.5 Å². The van der Waals surface area contributed by atoms with Crippen molar-refractivity contribution in [2.75, 3.05) is 23.8 Å². The lowest BCUT2D eigenvalue weighted by Gasteiger charge is -2.10. The Bertz CT molecular complexity index is 699. The zero-order valence-electron chi connectivity index (χ0n) is 11.2. The molecule has 0 saturated carbocycles. The van der Waals surface area contributed by atoms with Gasteiger partial charge in [-0.25, -0.2) is 25.9 Å². The second-order valence-electron chi connectivity index (χ2n) is 4.26. The third kappa shape index (κ3) is 4.15. The van der Waals surface area contributed by atoms with Crippen LogP contribution in [0.2, 0.25) is 0 Å². The van der Waals surface area contributed by atoms with Gasteiger partial charge in [-0.1, -0.05) is 6.92 Å². The van der Waals surface area contributed by atoms with Crippen molar-refractivity contribution in [3.05, 3.63) is 23.5 Å². The molecule has 0 amide bonds. The quantitative estimate of drug-likeness (QED) is 0.738. The average molecular weight is 324 g/mol. The average Bonchev–Trinajstić information content (AvgIpc) is 2.33. The summed E-state index contributed by atoms with van der Waals surface area (Å²) in [5.41, 5.74) is 5.33. The van der Waals surface area contributed by atoms with Crippen molar-refractivity contribution in [3.8, 4) is 0 Å². The van der Waals surface area contributed by atoms with Crippen LogP contribution in [0.1, 0.15) is 12.5 Å². The van der Waals surface area contributed by atoms with Gasteiger partial charge >= 0.3 is 0 Å². The summed E-state index contributed by atoms with van der Waals surface area (Å²) in [7, 11) is -7.28. The molecule has 0 saturated heterocycles. The number of nitrogens with one attached hydrogen (secondary N) is 1. The van der Waals surface area contributed by atoms with E-state index >= 15 is 0 Å². The summed E-state index contributed by atoms with van der Waals surface area (Å²) in [5, 5.41) is 0. The topological polar surface area (TPSA) is 106 Å². The van der Waals surface area contributed by atoms with Gasteiger partial charge in [0.25, 0.3) is 0 Å². The van der Waals surface area contributed by atoms with Gasteiger partial charge in [-0.15, -0.1) is 0 Å². The summed E-state index contributed by atoms with van der Waals surface area (Å²) in [6.07, 6.45) is 0. The van der Waals surface area contributed by atoms with Crippen LogP contribution in [0.4, 0.5) is 10.1 Å². The van der Waals surface area contributed by atoms with Crippen molar-refractivity contribution in [1.82, 2.24) is 4.72 Å². The molecule has 0 aliphatic heterocycles. The minimum absolute atomic E-state index is 0.0188. The molecule has 0 aliphatic rings. The van der Waals surface area contributed by atoms with Crippen LogP contribution in [-0.2, 0) is 19.9 Å². The maximum Gasteiger partial charge on any atom is 0.241 e. The summed E-state index contributed by atoms with van der Waals surface area (Å²) in [6, 6.07) is 2.16. The van der Waals surface area contributed by atoms with Gasteiger partial charge in [-0.05, 0) is 19.1 Å². The molecule has 0 heterocycles. The molecule has 3 N–H and O–H groups in total. The molecule has 0 atom stereocenters. The van der Waals surface area contributed by atoms with Crippen molar-refractivity contribution in [2.24, 2.45) is 0 Å². The molecule has 9 heteroatoms. The fraction of sp³-hybridized carbons (Fsp3) is 0.455. The van der Waals surface area contributed by atoms with Gasteiger partial charge in [0, 0.05) is 23.5 Å². The first-order valence-corrected chi connectivity index (χ1v) is 9.15.